The van der Waals surface area contributed by atoms with Gasteiger partial charge in [0.15, 0.2) is 5.82 Å². The summed E-state index contributed by atoms with van der Waals surface area (Å²) in [5.74, 6) is 0.771. The van der Waals surface area contributed by atoms with Crippen molar-refractivity contribution in [3.63, 3.8) is 0 Å². The van der Waals surface area contributed by atoms with Crippen LogP contribution in [-0.2, 0) is 11.3 Å². The second-order valence-electron chi connectivity index (χ2n) is 5.24. The number of fused-ring (bicyclic) bond motifs is 1. The second kappa shape index (κ2) is 5.03. The standard InChI is InChI=1S/C13H17N3O2S/c1-8-5-16(6-9(2)18-8)7-11-14-10-3-4-19-12(10)13(17)15-11/h3-4,8-9H,5-7H2,1-2H3,(H,14,15,17)/p+1/t8-,9-/m0/s1. The summed E-state index contributed by atoms with van der Waals surface area (Å²) in [5, 5.41) is 1.91. The summed E-state index contributed by atoms with van der Waals surface area (Å²) in [6, 6.07) is 1.90. The maximum absolute atomic E-state index is 11.9. The lowest BCUT2D eigenvalue weighted by Crippen LogP contribution is -3.14. The number of nitrogens with zero attached hydrogens (tertiary/aromatic N) is 1. The summed E-state index contributed by atoms with van der Waals surface area (Å²) in [6.07, 6.45) is 0.519. The SMILES string of the molecule is C[C@H]1C[NH+](Cc2nc3ccsc3c(=O)[nH]2)C[C@H](C)O1. The first kappa shape index (κ1) is 12.8. The Morgan fingerprint density at radius 1 is 1.47 bits per heavy atom. The number of rotatable bonds is 2. The van der Waals surface area contributed by atoms with Crippen LogP contribution in [0.4, 0.5) is 0 Å². The molecule has 0 aromatic carbocycles. The fraction of sp³-hybridized carbons (Fsp3) is 0.538. The minimum absolute atomic E-state index is 0.0243. The van der Waals surface area contributed by atoms with Gasteiger partial charge in [-0.25, -0.2) is 4.98 Å². The molecule has 19 heavy (non-hydrogen) atoms. The molecule has 1 fully saturated rings. The molecule has 0 radical (unpaired) electrons. The Labute approximate surface area is 115 Å². The Bertz CT molecular complexity index is 626. The summed E-state index contributed by atoms with van der Waals surface area (Å²) in [5.41, 5.74) is 0.779. The van der Waals surface area contributed by atoms with Gasteiger partial charge in [0.2, 0.25) is 0 Å². The van der Waals surface area contributed by atoms with E-state index in [-0.39, 0.29) is 17.8 Å². The molecule has 0 bridgehead atoms. The number of hydrogen-bond acceptors (Lipinski definition) is 4. The van der Waals surface area contributed by atoms with Crippen LogP contribution in [0.5, 0.6) is 0 Å². The number of quaternary nitrogens is 1. The van der Waals surface area contributed by atoms with E-state index in [0.717, 1.165) is 31.0 Å². The van der Waals surface area contributed by atoms with Crippen molar-refractivity contribution in [2.75, 3.05) is 13.1 Å². The third kappa shape index (κ3) is 2.70. The molecule has 0 saturated carbocycles. The highest BCUT2D eigenvalue weighted by Crippen LogP contribution is 2.13. The lowest BCUT2D eigenvalue weighted by molar-refractivity contribution is -0.928. The minimum Gasteiger partial charge on any atom is -0.364 e. The zero-order chi connectivity index (χ0) is 13.4. The lowest BCUT2D eigenvalue weighted by atomic mass is 10.2. The predicted molar refractivity (Wildman–Crippen MR) is 74.7 cm³/mol. The highest BCUT2D eigenvalue weighted by atomic mass is 32.1. The highest BCUT2D eigenvalue weighted by Gasteiger charge is 2.26. The van der Waals surface area contributed by atoms with Gasteiger partial charge >= 0.3 is 0 Å². The van der Waals surface area contributed by atoms with Gasteiger partial charge in [-0.15, -0.1) is 11.3 Å². The van der Waals surface area contributed by atoms with Crippen LogP contribution in [0, 0.1) is 0 Å². The van der Waals surface area contributed by atoms with Crippen LogP contribution in [-0.4, -0.2) is 35.3 Å². The first-order chi connectivity index (χ1) is 9.11. The van der Waals surface area contributed by atoms with Crippen molar-refractivity contribution in [1.29, 1.82) is 0 Å². The molecule has 3 heterocycles. The van der Waals surface area contributed by atoms with E-state index in [1.807, 2.05) is 11.4 Å². The van der Waals surface area contributed by atoms with Gasteiger partial charge in [0.25, 0.3) is 5.56 Å². The Morgan fingerprint density at radius 2 is 2.21 bits per heavy atom. The number of H-pyrrole nitrogens is 1. The number of ether oxygens (including phenoxy) is 1. The van der Waals surface area contributed by atoms with Crippen LogP contribution in [0.3, 0.4) is 0 Å². The zero-order valence-corrected chi connectivity index (χ0v) is 11.9. The Morgan fingerprint density at radius 3 is 2.95 bits per heavy atom. The van der Waals surface area contributed by atoms with Gasteiger partial charge < -0.3 is 14.6 Å². The van der Waals surface area contributed by atoms with Gasteiger partial charge in [-0.1, -0.05) is 0 Å². The first-order valence-electron chi connectivity index (χ1n) is 6.57. The summed E-state index contributed by atoms with van der Waals surface area (Å²) in [4.78, 5) is 20.7. The van der Waals surface area contributed by atoms with E-state index >= 15 is 0 Å². The summed E-state index contributed by atoms with van der Waals surface area (Å²) in [6.45, 7) is 6.84. The van der Waals surface area contributed by atoms with Crippen molar-refractivity contribution in [1.82, 2.24) is 9.97 Å². The van der Waals surface area contributed by atoms with E-state index in [1.165, 1.54) is 16.2 Å². The Kier molecular flexibility index (Phi) is 3.38. The molecule has 0 spiro atoms. The fourth-order valence-corrected chi connectivity index (χ4v) is 3.50. The van der Waals surface area contributed by atoms with Crippen molar-refractivity contribution in [2.24, 2.45) is 0 Å². The first-order valence-corrected chi connectivity index (χ1v) is 7.45. The van der Waals surface area contributed by atoms with Gasteiger partial charge in [0.1, 0.15) is 36.5 Å². The number of thiophene rings is 1. The van der Waals surface area contributed by atoms with E-state index in [9.17, 15) is 4.79 Å². The molecule has 0 aliphatic carbocycles. The molecular weight excluding hydrogens is 262 g/mol. The normalized spacial score (nSPS) is 27.8. The largest absolute Gasteiger partial charge is 0.364 e. The summed E-state index contributed by atoms with van der Waals surface area (Å²) < 4.78 is 6.43. The number of morpholine rings is 1. The van der Waals surface area contributed by atoms with Gasteiger partial charge in [-0.2, -0.15) is 0 Å². The average Bonchev–Trinajstić information content (AvgIpc) is 2.75. The average molecular weight is 280 g/mol. The van der Waals surface area contributed by atoms with Crippen molar-refractivity contribution in [3.8, 4) is 0 Å². The number of aromatic nitrogens is 2. The number of nitrogens with one attached hydrogen (secondary N) is 2. The fourth-order valence-electron chi connectivity index (χ4n) is 2.78. The van der Waals surface area contributed by atoms with Gasteiger partial charge in [-0.3, -0.25) is 4.79 Å². The second-order valence-corrected chi connectivity index (χ2v) is 6.16. The van der Waals surface area contributed by atoms with Gasteiger partial charge in [0, 0.05) is 0 Å². The molecule has 2 N–H and O–H groups in total. The molecule has 2 atom stereocenters. The van der Waals surface area contributed by atoms with Crippen LogP contribution in [0.25, 0.3) is 10.2 Å². The lowest BCUT2D eigenvalue weighted by Gasteiger charge is -2.32. The molecule has 102 valence electrons. The van der Waals surface area contributed by atoms with E-state index < -0.39 is 0 Å². The van der Waals surface area contributed by atoms with Crippen LogP contribution < -0.4 is 10.5 Å². The van der Waals surface area contributed by atoms with Crippen LogP contribution in [0.2, 0.25) is 0 Å². The van der Waals surface area contributed by atoms with E-state index in [0.29, 0.717) is 4.70 Å². The van der Waals surface area contributed by atoms with Gasteiger partial charge in [-0.05, 0) is 25.3 Å². The quantitative estimate of drug-likeness (QED) is 0.825. The van der Waals surface area contributed by atoms with Crippen molar-refractivity contribution in [2.45, 2.75) is 32.6 Å². The summed E-state index contributed by atoms with van der Waals surface area (Å²) in [7, 11) is 0. The zero-order valence-electron chi connectivity index (χ0n) is 11.1. The van der Waals surface area contributed by atoms with E-state index in [2.05, 4.69) is 23.8 Å². The molecule has 2 aromatic heterocycles. The Hall–Kier alpha value is -1.24. The third-order valence-electron chi connectivity index (χ3n) is 3.40. The number of aromatic amines is 1. The molecule has 0 unspecified atom stereocenters. The Balaban J connectivity index is 1.83. The molecule has 3 rings (SSSR count). The molecule has 0 amide bonds. The monoisotopic (exact) mass is 280 g/mol. The topological polar surface area (TPSA) is 59.4 Å². The predicted octanol–water partition coefficient (Wildman–Crippen LogP) is 0.177. The molecule has 1 aliphatic rings. The maximum atomic E-state index is 11.9. The number of hydrogen-bond donors (Lipinski definition) is 2. The summed E-state index contributed by atoms with van der Waals surface area (Å²) >= 11 is 1.44. The molecule has 1 aliphatic heterocycles. The molecule has 2 aromatic rings. The van der Waals surface area contributed by atoms with Gasteiger partial charge in [0.05, 0.1) is 5.52 Å². The van der Waals surface area contributed by atoms with E-state index in [1.54, 1.807) is 0 Å². The van der Waals surface area contributed by atoms with Crippen LogP contribution >= 0.6 is 11.3 Å². The van der Waals surface area contributed by atoms with Crippen LogP contribution in [0.1, 0.15) is 19.7 Å². The third-order valence-corrected chi connectivity index (χ3v) is 4.30. The smallest absolute Gasteiger partial charge is 0.269 e. The van der Waals surface area contributed by atoms with Crippen LogP contribution in [0.15, 0.2) is 16.2 Å². The minimum atomic E-state index is -0.0243. The molecular formula is C13H18N3O2S+. The van der Waals surface area contributed by atoms with Crippen molar-refractivity contribution < 1.29 is 9.64 Å². The molecule has 1 saturated heterocycles. The molecule has 6 heteroatoms. The van der Waals surface area contributed by atoms with Crippen molar-refractivity contribution in [3.05, 3.63) is 27.6 Å². The van der Waals surface area contributed by atoms with E-state index in [4.69, 9.17) is 4.74 Å². The molecule has 5 nitrogen and oxygen atoms in total. The maximum Gasteiger partial charge on any atom is 0.269 e. The highest BCUT2D eigenvalue weighted by molar-refractivity contribution is 7.17. The van der Waals surface area contributed by atoms with Crippen molar-refractivity contribution >= 4 is 21.6 Å².